The highest BCUT2D eigenvalue weighted by atomic mass is 16.5. The maximum atomic E-state index is 10.7. The summed E-state index contributed by atoms with van der Waals surface area (Å²) in [7, 11) is 0. The lowest BCUT2D eigenvalue weighted by Crippen LogP contribution is -2.06. The SMILES string of the molecule is [13CH3][13C](=O)[13CH2][13C](=O)[13CH2][13CH2][13C](=O)O. The van der Waals surface area contributed by atoms with Gasteiger partial charge in [0.15, 0.2) is 0 Å². The van der Waals surface area contributed by atoms with Crippen molar-refractivity contribution in [3.63, 3.8) is 0 Å². The molecule has 0 amide bonds. The number of carboxylic acid groups (broad SMARTS) is 1. The number of carbonyl (C=O) groups excluding carboxylic acids is 2. The van der Waals surface area contributed by atoms with E-state index >= 15 is 0 Å². The first-order valence-corrected chi connectivity index (χ1v) is 3.25. The molecule has 0 rings (SSSR count). The molecule has 0 radical (unpaired) electrons. The third-order valence-corrected chi connectivity index (χ3v) is 1.06. The Labute approximate surface area is 64.2 Å². The molecule has 0 aromatic carbocycles. The minimum absolute atomic E-state index is 0.0467. The Morgan fingerprint density at radius 2 is 1.73 bits per heavy atom. The van der Waals surface area contributed by atoms with Gasteiger partial charge in [0.25, 0.3) is 0 Å². The van der Waals surface area contributed by atoms with Gasteiger partial charge in [-0.3, -0.25) is 14.4 Å². The van der Waals surface area contributed by atoms with Gasteiger partial charge in [-0.15, -0.1) is 0 Å². The number of hydrogen-bond acceptors (Lipinski definition) is 3. The molecule has 0 saturated carbocycles. The fraction of sp³-hybridized carbons (Fsp3) is 0.571. The van der Waals surface area contributed by atoms with E-state index in [0.717, 1.165) is 0 Å². The predicted molar refractivity (Wildman–Crippen MR) is 37.2 cm³/mol. The predicted octanol–water partition coefficient (Wildman–Crippen LogP) is 0.399. The molecule has 62 valence electrons. The topological polar surface area (TPSA) is 71.4 Å². The molecule has 0 aromatic rings. The summed E-state index contributed by atoms with van der Waals surface area (Å²) >= 11 is 0. The van der Waals surface area contributed by atoms with Crippen LogP contribution in [0.3, 0.4) is 0 Å². The van der Waals surface area contributed by atoms with Crippen molar-refractivity contribution in [2.75, 3.05) is 0 Å². The third-order valence-electron chi connectivity index (χ3n) is 1.06. The summed E-state index contributed by atoms with van der Waals surface area (Å²) in [4.78, 5) is 31.0. The molecule has 4 nitrogen and oxygen atoms in total. The van der Waals surface area contributed by atoms with E-state index in [1.807, 2.05) is 0 Å². The summed E-state index contributed by atoms with van der Waals surface area (Å²) in [6.45, 7) is 1.30. The number of Topliss-reactive ketones (excluding diaryl/α,β-unsaturated/α-hetero) is 2. The zero-order valence-corrected chi connectivity index (χ0v) is 6.29. The van der Waals surface area contributed by atoms with Crippen molar-refractivity contribution in [1.29, 1.82) is 0 Å². The van der Waals surface area contributed by atoms with Crippen LogP contribution in [0.25, 0.3) is 0 Å². The number of aliphatic carboxylic acids is 1. The van der Waals surface area contributed by atoms with E-state index < -0.39 is 5.97 Å². The first-order chi connectivity index (χ1) is 5.02. The second-order valence-electron chi connectivity index (χ2n) is 2.31. The molecular formula is C7H10O4. The van der Waals surface area contributed by atoms with Gasteiger partial charge >= 0.3 is 5.97 Å². The molecule has 1 N–H and O–H groups in total. The molecule has 0 fully saturated rings. The molecule has 0 atom stereocenters. The maximum absolute atomic E-state index is 10.7. The minimum Gasteiger partial charge on any atom is -0.481 e. The summed E-state index contributed by atoms with van der Waals surface area (Å²) in [6.07, 6.45) is -0.381. The highest BCUT2D eigenvalue weighted by molar-refractivity contribution is 5.98. The molecule has 0 aliphatic rings. The largest absolute Gasteiger partial charge is 0.481 e. The van der Waals surface area contributed by atoms with E-state index in [4.69, 9.17) is 5.11 Å². The number of carbonyl (C=O) groups is 3. The second-order valence-corrected chi connectivity index (χ2v) is 2.31. The summed E-state index contributed by atoms with van der Waals surface area (Å²) in [5, 5.41) is 8.16. The molecule has 4 heteroatoms. The lowest BCUT2D eigenvalue weighted by Gasteiger charge is -1.93. The van der Waals surface area contributed by atoms with Gasteiger partial charge < -0.3 is 5.11 Å². The van der Waals surface area contributed by atoms with E-state index in [9.17, 15) is 14.4 Å². The smallest absolute Gasteiger partial charge is 0.303 e. The summed E-state index contributed by atoms with van der Waals surface area (Å²) < 4.78 is 0. The minimum atomic E-state index is -1.01. The molecule has 0 unspecified atom stereocenters. The number of carboxylic acids is 1. The zero-order chi connectivity index (χ0) is 8.85. The van der Waals surface area contributed by atoms with Crippen LogP contribution in [0.4, 0.5) is 0 Å². The summed E-state index contributed by atoms with van der Waals surface area (Å²) in [5.41, 5.74) is 0. The highest BCUT2D eigenvalue weighted by Gasteiger charge is 2.07. The lowest BCUT2D eigenvalue weighted by atomic mass is 11.1. The Morgan fingerprint density at radius 1 is 1.18 bits per heavy atom. The molecule has 0 aliphatic heterocycles. The quantitative estimate of drug-likeness (QED) is 0.472. The Morgan fingerprint density at radius 3 is 2.09 bits per heavy atom. The first kappa shape index (κ1) is 9.81. The van der Waals surface area contributed by atoms with E-state index in [0.29, 0.717) is 0 Å². The fourth-order valence-corrected chi connectivity index (χ4v) is 0.612. The molecule has 0 heterocycles. The average molecular weight is 165 g/mol. The van der Waals surface area contributed by atoms with Crippen LogP contribution in [0, 0.1) is 0 Å². The van der Waals surface area contributed by atoms with Crippen LogP contribution in [0.1, 0.15) is 26.2 Å². The number of rotatable bonds is 5. The van der Waals surface area contributed by atoms with Gasteiger partial charge in [0, 0.05) is 6.42 Å². The van der Waals surface area contributed by atoms with Crippen molar-refractivity contribution in [2.45, 2.75) is 26.2 Å². The van der Waals surface area contributed by atoms with Gasteiger partial charge in [-0.2, -0.15) is 0 Å². The van der Waals surface area contributed by atoms with E-state index in [1.165, 1.54) is 6.92 Å². The summed E-state index contributed by atoms with van der Waals surface area (Å²) in [6, 6.07) is 0. The second kappa shape index (κ2) is 4.60. The lowest BCUT2D eigenvalue weighted by molar-refractivity contribution is -0.139. The van der Waals surface area contributed by atoms with E-state index in [-0.39, 0.29) is 30.8 Å². The van der Waals surface area contributed by atoms with Crippen LogP contribution in [0.2, 0.25) is 0 Å². The molecule has 11 heavy (non-hydrogen) atoms. The maximum Gasteiger partial charge on any atom is 0.303 e. The molecule has 0 saturated heterocycles. The van der Waals surface area contributed by atoms with Crippen molar-refractivity contribution in [3.8, 4) is 0 Å². The molecule has 0 bridgehead atoms. The van der Waals surface area contributed by atoms with Crippen molar-refractivity contribution in [3.05, 3.63) is 0 Å². The fourth-order valence-electron chi connectivity index (χ4n) is 0.612. The zero-order valence-electron chi connectivity index (χ0n) is 6.29. The molecule has 0 aliphatic carbocycles. The molecule has 0 spiro atoms. The van der Waals surface area contributed by atoms with Gasteiger partial charge in [-0.05, 0) is 6.92 Å². The van der Waals surface area contributed by atoms with Crippen LogP contribution in [-0.2, 0) is 14.4 Å². The number of ketones is 2. The van der Waals surface area contributed by atoms with Crippen molar-refractivity contribution < 1.29 is 19.5 Å². The van der Waals surface area contributed by atoms with Crippen molar-refractivity contribution >= 4 is 17.5 Å². The highest BCUT2D eigenvalue weighted by Crippen LogP contribution is 1.95. The Kier molecular flexibility index (Phi) is 4.10. The van der Waals surface area contributed by atoms with E-state index in [1.54, 1.807) is 0 Å². The summed E-state index contributed by atoms with van der Waals surface area (Å²) in [5.74, 6) is -1.54. The van der Waals surface area contributed by atoms with Gasteiger partial charge in [0.1, 0.15) is 11.6 Å². The van der Waals surface area contributed by atoms with Crippen LogP contribution < -0.4 is 0 Å². The molecular weight excluding hydrogens is 155 g/mol. The van der Waals surface area contributed by atoms with Crippen LogP contribution in [-0.4, -0.2) is 22.6 Å². The van der Waals surface area contributed by atoms with Crippen molar-refractivity contribution in [1.82, 2.24) is 0 Å². The molecule has 0 aromatic heterocycles. The Hall–Kier alpha value is -1.19. The Bertz CT molecular complexity index is 183. The van der Waals surface area contributed by atoms with Crippen molar-refractivity contribution in [2.24, 2.45) is 0 Å². The van der Waals surface area contributed by atoms with Crippen LogP contribution in [0.5, 0.6) is 0 Å². The Balaban J connectivity index is 3.53. The van der Waals surface area contributed by atoms with Gasteiger partial charge in [0.2, 0.25) is 0 Å². The average Bonchev–Trinajstić information content (AvgIpc) is 1.82. The standard InChI is InChI=1S/C7H10O4/c1-5(8)4-6(9)2-3-7(10)11/h2-4H2,1H3,(H,10,11)/i1+1,2+1,3+1,4+1,5+1,6+1,7+1. The normalized spacial score (nSPS) is 9.18. The van der Waals surface area contributed by atoms with Gasteiger partial charge in [-0.25, -0.2) is 0 Å². The van der Waals surface area contributed by atoms with Crippen LogP contribution >= 0.6 is 0 Å². The van der Waals surface area contributed by atoms with Gasteiger partial charge in [0.05, 0.1) is 12.8 Å². The third kappa shape index (κ3) is 6.70. The number of hydrogen-bond donors (Lipinski definition) is 1. The first-order valence-electron chi connectivity index (χ1n) is 3.25. The van der Waals surface area contributed by atoms with Crippen LogP contribution in [0.15, 0.2) is 0 Å². The van der Waals surface area contributed by atoms with E-state index in [2.05, 4.69) is 0 Å². The van der Waals surface area contributed by atoms with Gasteiger partial charge in [-0.1, -0.05) is 0 Å². The monoisotopic (exact) mass is 165 g/mol.